The molecule has 0 aliphatic carbocycles. The number of pyridine rings is 1. The number of carboxylic acids is 1. The molecule has 3 aromatic rings. The Hall–Kier alpha value is -3.55. The number of nitrogens with one attached hydrogen (secondary N) is 2. The fraction of sp³-hybridized carbons (Fsp3) is 0.0526. The third-order valence-electron chi connectivity index (χ3n) is 3.70. The number of halogens is 3. The molecule has 27 heavy (non-hydrogen) atoms. The summed E-state index contributed by atoms with van der Waals surface area (Å²) >= 11 is 0. The van der Waals surface area contributed by atoms with Crippen molar-refractivity contribution in [1.82, 2.24) is 4.98 Å². The van der Waals surface area contributed by atoms with Crippen LogP contribution in [0.2, 0.25) is 0 Å². The number of anilines is 3. The lowest BCUT2D eigenvalue weighted by Gasteiger charge is -2.12. The largest absolute Gasteiger partial charge is 0.478 e. The SMILES string of the molecule is O=C(O)c1cc(Nc2ccc(F)cc2F)cnc1NCc1ccc(F)cc1. The lowest BCUT2D eigenvalue weighted by Crippen LogP contribution is -2.09. The Balaban J connectivity index is 1.79. The van der Waals surface area contributed by atoms with Gasteiger partial charge >= 0.3 is 5.97 Å². The lowest BCUT2D eigenvalue weighted by atomic mass is 10.2. The maximum absolute atomic E-state index is 13.7. The molecule has 0 saturated carbocycles. The zero-order chi connectivity index (χ0) is 19.4. The summed E-state index contributed by atoms with van der Waals surface area (Å²) in [4.78, 5) is 15.6. The second-order valence-electron chi connectivity index (χ2n) is 5.65. The lowest BCUT2D eigenvalue weighted by molar-refractivity contribution is 0.0697. The van der Waals surface area contributed by atoms with Gasteiger partial charge in [0.05, 0.1) is 17.6 Å². The van der Waals surface area contributed by atoms with Crippen LogP contribution in [0.4, 0.5) is 30.4 Å². The summed E-state index contributed by atoms with van der Waals surface area (Å²) in [5.74, 6) is -3.02. The van der Waals surface area contributed by atoms with Crippen molar-refractivity contribution in [2.75, 3.05) is 10.6 Å². The summed E-state index contributed by atoms with van der Waals surface area (Å²) in [5.41, 5.74) is 0.821. The fourth-order valence-corrected chi connectivity index (χ4v) is 2.37. The van der Waals surface area contributed by atoms with Crippen molar-refractivity contribution in [2.24, 2.45) is 0 Å². The van der Waals surface area contributed by atoms with Crippen LogP contribution in [0, 0.1) is 17.5 Å². The quantitative estimate of drug-likeness (QED) is 0.591. The standard InChI is InChI=1S/C19H14F3N3O2/c20-12-3-1-11(2-4-12)9-23-18-15(19(26)27)8-14(10-24-18)25-17-6-5-13(21)7-16(17)22/h1-8,10,25H,9H2,(H,23,24)(H,26,27). The van der Waals surface area contributed by atoms with Crippen LogP contribution in [0.15, 0.2) is 54.7 Å². The summed E-state index contributed by atoms with van der Waals surface area (Å²) < 4.78 is 39.6. The van der Waals surface area contributed by atoms with E-state index in [9.17, 15) is 23.1 Å². The van der Waals surface area contributed by atoms with Gasteiger partial charge in [-0.05, 0) is 35.9 Å². The third-order valence-corrected chi connectivity index (χ3v) is 3.70. The van der Waals surface area contributed by atoms with Gasteiger partial charge in [-0.15, -0.1) is 0 Å². The highest BCUT2D eigenvalue weighted by molar-refractivity contribution is 5.94. The van der Waals surface area contributed by atoms with Crippen LogP contribution in [0.1, 0.15) is 15.9 Å². The minimum atomic E-state index is -1.23. The first-order valence-electron chi connectivity index (χ1n) is 7.86. The summed E-state index contributed by atoms with van der Waals surface area (Å²) in [5, 5.41) is 14.9. The molecule has 0 radical (unpaired) electrons. The minimum absolute atomic E-state index is 0.0124. The third kappa shape index (κ3) is 4.55. The predicted octanol–water partition coefficient (Wildman–Crippen LogP) is 4.55. The van der Waals surface area contributed by atoms with Crippen LogP contribution in [0.25, 0.3) is 0 Å². The van der Waals surface area contributed by atoms with E-state index in [1.54, 1.807) is 12.1 Å². The Bertz CT molecular complexity index is 978. The molecule has 0 spiro atoms. The first-order valence-corrected chi connectivity index (χ1v) is 7.86. The molecular weight excluding hydrogens is 359 g/mol. The topological polar surface area (TPSA) is 74.2 Å². The number of nitrogens with zero attached hydrogens (tertiary/aromatic N) is 1. The van der Waals surface area contributed by atoms with Gasteiger partial charge in [0.25, 0.3) is 0 Å². The second kappa shape index (κ2) is 7.77. The van der Waals surface area contributed by atoms with E-state index >= 15 is 0 Å². The van der Waals surface area contributed by atoms with E-state index in [2.05, 4.69) is 15.6 Å². The molecule has 3 rings (SSSR count). The van der Waals surface area contributed by atoms with Crippen molar-refractivity contribution in [3.8, 4) is 0 Å². The average Bonchev–Trinajstić information content (AvgIpc) is 2.64. The zero-order valence-electron chi connectivity index (χ0n) is 13.8. The van der Waals surface area contributed by atoms with Gasteiger partial charge in [0, 0.05) is 12.6 Å². The Kier molecular flexibility index (Phi) is 5.25. The number of rotatable bonds is 6. The smallest absolute Gasteiger partial charge is 0.339 e. The summed E-state index contributed by atoms with van der Waals surface area (Å²) in [7, 11) is 0. The number of benzene rings is 2. The highest BCUT2D eigenvalue weighted by atomic mass is 19.1. The minimum Gasteiger partial charge on any atom is -0.478 e. The van der Waals surface area contributed by atoms with Crippen LogP contribution >= 0.6 is 0 Å². The summed E-state index contributed by atoms with van der Waals surface area (Å²) in [6.07, 6.45) is 1.32. The normalized spacial score (nSPS) is 10.5. The molecule has 0 fully saturated rings. The van der Waals surface area contributed by atoms with Gasteiger partial charge in [-0.2, -0.15) is 0 Å². The van der Waals surface area contributed by atoms with Crippen LogP contribution < -0.4 is 10.6 Å². The predicted molar refractivity (Wildman–Crippen MR) is 94.6 cm³/mol. The van der Waals surface area contributed by atoms with Crippen molar-refractivity contribution in [3.05, 3.63) is 83.3 Å². The van der Waals surface area contributed by atoms with Crippen molar-refractivity contribution in [2.45, 2.75) is 6.54 Å². The van der Waals surface area contributed by atoms with Gasteiger partial charge in [-0.25, -0.2) is 22.9 Å². The number of hydrogen-bond donors (Lipinski definition) is 3. The molecular formula is C19H14F3N3O2. The molecule has 3 N–H and O–H groups in total. The molecule has 0 saturated heterocycles. The summed E-state index contributed by atoms with van der Waals surface area (Å²) in [6.45, 7) is 0.243. The number of carboxylic acid groups (broad SMARTS) is 1. The molecule has 0 aliphatic heterocycles. The maximum atomic E-state index is 13.7. The monoisotopic (exact) mass is 373 g/mol. The van der Waals surface area contributed by atoms with E-state index in [0.717, 1.165) is 11.6 Å². The van der Waals surface area contributed by atoms with E-state index in [1.807, 2.05) is 0 Å². The Morgan fingerprint density at radius 2 is 1.70 bits per heavy atom. The van der Waals surface area contributed by atoms with Crippen LogP contribution in [-0.2, 0) is 6.54 Å². The van der Waals surface area contributed by atoms with Crippen molar-refractivity contribution in [1.29, 1.82) is 0 Å². The maximum Gasteiger partial charge on any atom is 0.339 e. The van der Waals surface area contributed by atoms with Gasteiger partial charge in [0.15, 0.2) is 0 Å². The van der Waals surface area contributed by atoms with E-state index in [-0.39, 0.29) is 35.1 Å². The van der Waals surface area contributed by atoms with Gasteiger partial charge in [0.2, 0.25) is 0 Å². The van der Waals surface area contributed by atoms with Gasteiger partial charge in [-0.3, -0.25) is 0 Å². The van der Waals surface area contributed by atoms with Gasteiger partial charge in [0.1, 0.15) is 28.8 Å². The van der Waals surface area contributed by atoms with E-state index in [4.69, 9.17) is 0 Å². The second-order valence-corrected chi connectivity index (χ2v) is 5.65. The average molecular weight is 373 g/mol. The fourth-order valence-electron chi connectivity index (χ4n) is 2.37. The van der Waals surface area contributed by atoms with Crippen LogP contribution in [-0.4, -0.2) is 16.1 Å². The Labute approximate surface area is 152 Å². The molecule has 0 aliphatic rings. The molecule has 1 aromatic heterocycles. The molecule has 0 amide bonds. The molecule has 138 valence electrons. The van der Waals surface area contributed by atoms with Gasteiger partial charge in [-0.1, -0.05) is 12.1 Å². The number of hydrogen-bond acceptors (Lipinski definition) is 4. The molecule has 2 aromatic carbocycles. The molecule has 8 heteroatoms. The Morgan fingerprint density at radius 3 is 2.37 bits per heavy atom. The number of aromatic carboxylic acids is 1. The van der Waals surface area contributed by atoms with Gasteiger partial charge < -0.3 is 15.7 Å². The van der Waals surface area contributed by atoms with Crippen molar-refractivity contribution >= 4 is 23.2 Å². The molecule has 0 unspecified atom stereocenters. The molecule has 1 heterocycles. The summed E-state index contributed by atoms with van der Waals surface area (Å²) in [6, 6.07) is 10.0. The van der Waals surface area contributed by atoms with Crippen molar-refractivity contribution in [3.63, 3.8) is 0 Å². The first-order chi connectivity index (χ1) is 12.9. The van der Waals surface area contributed by atoms with Crippen LogP contribution in [0.5, 0.6) is 0 Å². The van der Waals surface area contributed by atoms with E-state index in [0.29, 0.717) is 6.07 Å². The van der Waals surface area contributed by atoms with Crippen molar-refractivity contribution < 1.29 is 23.1 Å². The zero-order valence-corrected chi connectivity index (χ0v) is 13.8. The van der Waals surface area contributed by atoms with E-state index in [1.165, 1.54) is 30.5 Å². The molecule has 5 nitrogen and oxygen atoms in total. The highest BCUT2D eigenvalue weighted by Gasteiger charge is 2.14. The first kappa shape index (κ1) is 18.2. The van der Waals surface area contributed by atoms with Crippen LogP contribution in [0.3, 0.4) is 0 Å². The number of carbonyl (C=O) groups is 1. The highest BCUT2D eigenvalue weighted by Crippen LogP contribution is 2.24. The number of aromatic nitrogens is 1. The Morgan fingerprint density at radius 1 is 1.00 bits per heavy atom. The van der Waals surface area contributed by atoms with E-state index < -0.39 is 17.6 Å². The molecule has 0 bridgehead atoms. The molecule has 0 atom stereocenters.